The summed E-state index contributed by atoms with van der Waals surface area (Å²) in [6.07, 6.45) is 3.03. The first-order valence-corrected chi connectivity index (χ1v) is 13.8. The zero-order valence-electron chi connectivity index (χ0n) is 21.0. The van der Waals surface area contributed by atoms with Crippen molar-refractivity contribution >= 4 is 46.0 Å². The zero-order chi connectivity index (χ0) is 27.2. The van der Waals surface area contributed by atoms with Crippen LogP contribution in [0.1, 0.15) is 36.0 Å². The average molecular weight is 563 g/mol. The summed E-state index contributed by atoms with van der Waals surface area (Å²) >= 11 is 7.63. The number of thioether (sulfide) groups is 1. The lowest BCUT2D eigenvalue weighted by atomic mass is 9.79. The van der Waals surface area contributed by atoms with E-state index >= 15 is 0 Å². The molecule has 0 radical (unpaired) electrons. The Balaban J connectivity index is 1.38. The molecule has 6 nitrogen and oxygen atoms in total. The number of carbonyl (C=O) groups is 2. The Morgan fingerprint density at radius 2 is 2.03 bits per heavy atom. The lowest BCUT2D eigenvalue weighted by molar-refractivity contribution is -0.139. The summed E-state index contributed by atoms with van der Waals surface area (Å²) in [6, 6.07) is 8.70. The second-order valence-corrected chi connectivity index (χ2v) is 11.0. The van der Waals surface area contributed by atoms with Crippen LogP contribution in [0.5, 0.6) is 5.75 Å². The number of pyridine rings is 1. The number of aliphatic carboxylic acids is 1. The van der Waals surface area contributed by atoms with Crippen molar-refractivity contribution < 1.29 is 28.2 Å². The number of hydrogen-bond donors (Lipinski definition) is 1. The van der Waals surface area contributed by atoms with Crippen LogP contribution in [0.2, 0.25) is 5.02 Å². The number of ketones is 1. The molecule has 10 heteroatoms. The van der Waals surface area contributed by atoms with Crippen LogP contribution in [-0.4, -0.2) is 59.2 Å². The van der Waals surface area contributed by atoms with Gasteiger partial charge >= 0.3 is 5.97 Å². The minimum Gasteiger partial charge on any atom is -0.497 e. The summed E-state index contributed by atoms with van der Waals surface area (Å²) in [6.45, 7) is 1.95. The predicted octanol–water partition coefficient (Wildman–Crippen LogP) is 6.34. The van der Waals surface area contributed by atoms with Gasteiger partial charge in [0.25, 0.3) is 0 Å². The number of halogens is 3. The second-order valence-electron chi connectivity index (χ2n) is 9.46. The molecule has 38 heavy (non-hydrogen) atoms. The first kappa shape index (κ1) is 28.3. The molecule has 4 rings (SSSR count). The molecule has 1 N–H and O–H groups in total. The van der Waals surface area contributed by atoms with Crippen molar-refractivity contribution in [2.45, 2.75) is 30.6 Å². The number of likely N-dealkylation sites (tertiary alicyclic amines) is 1. The van der Waals surface area contributed by atoms with Crippen molar-refractivity contribution in [3.63, 3.8) is 0 Å². The van der Waals surface area contributed by atoms with E-state index in [-0.39, 0.29) is 40.4 Å². The van der Waals surface area contributed by atoms with E-state index in [2.05, 4.69) is 9.88 Å². The van der Waals surface area contributed by atoms with Crippen LogP contribution in [-0.2, 0) is 4.79 Å². The van der Waals surface area contributed by atoms with Crippen molar-refractivity contribution in [3.8, 4) is 5.75 Å². The standard InChI is InChI=1S/C28H29ClF2N2O4S/c1-37-20-4-6-24-21(14-20)28(22(29)15-32-24)25(34)7-2-17-8-9-33(16-18(17)12-27(35)36)10-11-38-26-13-19(30)3-5-23(26)31/h3-6,13-15,17-18H,2,7-12,16H2,1H3,(H,35,36)/t17-,18+/m1/s1. The molecule has 0 saturated carbocycles. The number of carboxylic acids is 1. The second kappa shape index (κ2) is 12.9. The molecule has 0 amide bonds. The fourth-order valence-corrected chi connectivity index (χ4v) is 6.29. The van der Waals surface area contributed by atoms with Gasteiger partial charge in [0.1, 0.15) is 17.4 Å². The van der Waals surface area contributed by atoms with E-state index in [9.17, 15) is 23.5 Å². The highest BCUT2D eigenvalue weighted by Gasteiger charge is 2.31. The van der Waals surface area contributed by atoms with Gasteiger partial charge in [0, 0.05) is 53.7 Å². The highest BCUT2D eigenvalue weighted by molar-refractivity contribution is 7.99. The van der Waals surface area contributed by atoms with E-state index in [0.29, 0.717) is 47.5 Å². The Morgan fingerprint density at radius 3 is 2.79 bits per heavy atom. The van der Waals surface area contributed by atoms with E-state index in [0.717, 1.165) is 25.1 Å². The van der Waals surface area contributed by atoms with Crippen molar-refractivity contribution in [1.82, 2.24) is 9.88 Å². The van der Waals surface area contributed by atoms with Crippen LogP contribution >= 0.6 is 23.4 Å². The number of rotatable bonds is 11. The van der Waals surface area contributed by atoms with Crippen molar-refractivity contribution in [3.05, 3.63) is 64.8 Å². The van der Waals surface area contributed by atoms with Crippen molar-refractivity contribution in [1.29, 1.82) is 0 Å². The van der Waals surface area contributed by atoms with Gasteiger partial charge in [-0.25, -0.2) is 8.78 Å². The molecule has 0 unspecified atom stereocenters. The molecule has 1 aromatic heterocycles. The van der Waals surface area contributed by atoms with E-state index in [1.807, 2.05) is 0 Å². The molecule has 2 aromatic carbocycles. The Hall–Kier alpha value is -2.75. The smallest absolute Gasteiger partial charge is 0.303 e. The molecule has 0 spiro atoms. The summed E-state index contributed by atoms with van der Waals surface area (Å²) < 4.78 is 32.6. The monoisotopic (exact) mass is 562 g/mol. The number of methoxy groups -OCH3 is 1. The number of fused-ring (bicyclic) bond motifs is 1. The third-order valence-electron chi connectivity index (χ3n) is 7.02. The molecule has 1 fully saturated rings. The summed E-state index contributed by atoms with van der Waals surface area (Å²) in [5.74, 6) is -0.811. The van der Waals surface area contributed by atoms with Gasteiger partial charge in [0.05, 0.1) is 17.6 Å². The topological polar surface area (TPSA) is 79.7 Å². The Labute approximate surface area is 229 Å². The first-order chi connectivity index (χ1) is 18.2. The Kier molecular flexibility index (Phi) is 9.57. The number of hydrogen-bond acceptors (Lipinski definition) is 6. The maximum Gasteiger partial charge on any atom is 0.303 e. The number of piperidine rings is 1. The van der Waals surface area contributed by atoms with Crippen molar-refractivity contribution in [2.75, 3.05) is 32.5 Å². The molecule has 1 aliphatic rings. The molecule has 202 valence electrons. The highest BCUT2D eigenvalue weighted by atomic mass is 35.5. The molecule has 2 heterocycles. The van der Waals surface area contributed by atoms with Crippen LogP contribution in [0.25, 0.3) is 10.9 Å². The lowest BCUT2D eigenvalue weighted by Crippen LogP contribution is -2.42. The van der Waals surface area contributed by atoms with E-state index in [1.165, 1.54) is 24.0 Å². The third kappa shape index (κ3) is 7.01. The number of carbonyl (C=O) groups excluding carboxylic acids is 1. The summed E-state index contributed by atoms with van der Waals surface area (Å²) in [5, 5.41) is 10.4. The van der Waals surface area contributed by atoms with Crippen LogP contribution in [0, 0.1) is 23.5 Å². The number of nitrogens with zero attached hydrogens (tertiary/aromatic N) is 2. The predicted molar refractivity (Wildman–Crippen MR) is 144 cm³/mol. The van der Waals surface area contributed by atoms with Gasteiger partial charge < -0.3 is 14.7 Å². The maximum atomic E-state index is 13.9. The fraction of sp³-hybridized carbons (Fsp3) is 0.393. The highest BCUT2D eigenvalue weighted by Crippen LogP contribution is 2.34. The summed E-state index contributed by atoms with van der Waals surface area (Å²) in [7, 11) is 1.55. The summed E-state index contributed by atoms with van der Waals surface area (Å²) in [4.78, 5) is 31.6. The van der Waals surface area contributed by atoms with Gasteiger partial charge in [-0.2, -0.15) is 0 Å². The van der Waals surface area contributed by atoms with Crippen LogP contribution in [0.4, 0.5) is 8.78 Å². The molecular weight excluding hydrogens is 534 g/mol. The lowest BCUT2D eigenvalue weighted by Gasteiger charge is -2.38. The molecule has 0 aliphatic carbocycles. The Morgan fingerprint density at radius 1 is 1.21 bits per heavy atom. The van der Waals surface area contributed by atoms with Crippen molar-refractivity contribution in [2.24, 2.45) is 11.8 Å². The van der Waals surface area contributed by atoms with Gasteiger partial charge in [0.15, 0.2) is 5.78 Å². The minimum absolute atomic E-state index is 0.0111. The first-order valence-electron chi connectivity index (χ1n) is 12.4. The largest absolute Gasteiger partial charge is 0.497 e. The molecule has 1 saturated heterocycles. The zero-order valence-corrected chi connectivity index (χ0v) is 22.5. The maximum absolute atomic E-state index is 13.9. The number of carboxylic acid groups (broad SMARTS) is 1. The van der Waals surface area contributed by atoms with E-state index in [4.69, 9.17) is 16.3 Å². The number of Topliss-reactive ketones (excluding diaryl/α,β-unsaturated/α-hetero) is 1. The minimum atomic E-state index is -0.875. The summed E-state index contributed by atoms with van der Waals surface area (Å²) in [5.41, 5.74) is 1.05. The molecule has 1 aliphatic heterocycles. The molecule has 0 bridgehead atoms. The number of benzene rings is 2. The molecule has 2 atom stereocenters. The molecular formula is C28H29ClF2N2O4S. The average Bonchev–Trinajstić information content (AvgIpc) is 2.89. The molecule has 3 aromatic rings. The quantitative estimate of drug-likeness (QED) is 0.216. The number of ether oxygens (including phenoxy) is 1. The van der Waals surface area contributed by atoms with Crippen LogP contribution in [0.15, 0.2) is 47.5 Å². The van der Waals surface area contributed by atoms with Gasteiger partial charge in [-0.3, -0.25) is 14.6 Å². The SMILES string of the molecule is COc1ccc2ncc(Cl)c(C(=O)CC[C@@H]3CCN(CCSc4cc(F)ccc4F)C[C@@H]3CC(=O)O)c2c1. The number of aromatic nitrogens is 1. The van der Waals surface area contributed by atoms with Gasteiger partial charge in [-0.05, 0) is 67.6 Å². The third-order valence-corrected chi connectivity index (χ3v) is 8.32. The van der Waals surface area contributed by atoms with Gasteiger partial charge in [0.2, 0.25) is 0 Å². The van der Waals surface area contributed by atoms with Crippen LogP contribution < -0.4 is 4.74 Å². The van der Waals surface area contributed by atoms with E-state index in [1.54, 1.807) is 25.3 Å². The fourth-order valence-electron chi connectivity index (χ4n) is 5.07. The van der Waals surface area contributed by atoms with Gasteiger partial charge in [-0.1, -0.05) is 11.6 Å². The van der Waals surface area contributed by atoms with Crippen LogP contribution in [0.3, 0.4) is 0 Å². The van der Waals surface area contributed by atoms with Gasteiger partial charge in [-0.15, -0.1) is 11.8 Å². The Bertz CT molecular complexity index is 1330. The van der Waals surface area contributed by atoms with E-state index < -0.39 is 17.6 Å². The normalized spacial score (nSPS) is 18.0.